The highest BCUT2D eigenvalue weighted by molar-refractivity contribution is 6.32. The number of carbonyl (C=O) groups excluding carboxylic acids is 1. The number of ketones is 1. The van der Waals surface area contributed by atoms with Gasteiger partial charge in [-0.25, -0.2) is 9.78 Å². The molecule has 1 heterocycles. The molecule has 0 saturated heterocycles. The first kappa shape index (κ1) is 19.1. The normalized spacial score (nSPS) is 11.6. The second-order valence-corrected chi connectivity index (χ2v) is 6.42. The molecule has 3 rings (SSSR count). The topological polar surface area (TPSA) is 67.3 Å². The number of halogens is 5. The van der Waals surface area contributed by atoms with Crippen molar-refractivity contribution in [3.8, 4) is 0 Å². The zero-order chi connectivity index (χ0) is 19.9. The summed E-state index contributed by atoms with van der Waals surface area (Å²) >= 11 is 11.5. The van der Waals surface area contributed by atoms with E-state index in [1.165, 1.54) is 24.3 Å². The molecule has 0 saturated carbocycles. The van der Waals surface area contributed by atoms with Gasteiger partial charge in [-0.15, -0.1) is 0 Å². The fourth-order valence-corrected chi connectivity index (χ4v) is 2.89. The van der Waals surface area contributed by atoms with Gasteiger partial charge in [-0.1, -0.05) is 23.2 Å². The van der Waals surface area contributed by atoms with E-state index in [1.54, 1.807) is 0 Å². The van der Waals surface area contributed by atoms with E-state index in [2.05, 4.69) is 4.98 Å². The number of carboxylic acids is 1. The number of hydrogen-bond acceptors (Lipinski definition) is 3. The highest BCUT2D eigenvalue weighted by Gasteiger charge is 2.35. The number of alkyl halides is 3. The van der Waals surface area contributed by atoms with Crippen molar-refractivity contribution in [2.24, 2.45) is 0 Å². The van der Waals surface area contributed by atoms with Crippen LogP contribution < -0.4 is 0 Å². The summed E-state index contributed by atoms with van der Waals surface area (Å²) in [6.45, 7) is 0. The van der Waals surface area contributed by atoms with Crippen molar-refractivity contribution in [1.82, 2.24) is 4.98 Å². The van der Waals surface area contributed by atoms with Crippen LogP contribution in [-0.2, 0) is 6.18 Å². The molecule has 9 heteroatoms. The van der Waals surface area contributed by atoms with Crippen molar-refractivity contribution in [3.63, 3.8) is 0 Å². The molecule has 1 N–H and O–H groups in total. The number of nitrogens with zero attached hydrogens (tertiary/aromatic N) is 1. The quantitative estimate of drug-likeness (QED) is 0.576. The lowest BCUT2D eigenvalue weighted by Crippen LogP contribution is -2.12. The molecule has 0 atom stereocenters. The van der Waals surface area contributed by atoms with Crippen LogP contribution in [0.25, 0.3) is 10.9 Å². The monoisotopic (exact) mass is 413 g/mol. The molecule has 0 fully saturated rings. The molecule has 27 heavy (non-hydrogen) atoms. The van der Waals surface area contributed by atoms with Crippen molar-refractivity contribution >= 4 is 45.9 Å². The third-order valence-corrected chi connectivity index (χ3v) is 4.22. The van der Waals surface area contributed by atoms with Crippen LogP contribution in [0, 0.1) is 0 Å². The molecule has 0 spiro atoms. The Labute approximate surface area is 160 Å². The first-order valence-corrected chi connectivity index (χ1v) is 8.08. The van der Waals surface area contributed by atoms with Crippen LogP contribution in [0.2, 0.25) is 10.0 Å². The van der Waals surface area contributed by atoms with Gasteiger partial charge < -0.3 is 5.11 Å². The average Bonchev–Trinajstić information content (AvgIpc) is 2.59. The van der Waals surface area contributed by atoms with Gasteiger partial charge in [-0.05, 0) is 42.5 Å². The van der Waals surface area contributed by atoms with E-state index in [1.807, 2.05) is 0 Å². The van der Waals surface area contributed by atoms with Gasteiger partial charge in [0.15, 0.2) is 0 Å². The Kier molecular flexibility index (Phi) is 4.84. The third-order valence-electron chi connectivity index (χ3n) is 3.75. The molecule has 0 bridgehead atoms. The predicted molar refractivity (Wildman–Crippen MR) is 93.6 cm³/mol. The maximum atomic E-state index is 13.4. The van der Waals surface area contributed by atoms with Crippen molar-refractivity contribution in [2.45, 2.75) is 6.18 Å². The van der Waals surface area contributed by atoms with E-state index in [-0.39, 0.29) is 16.0 Å². The number of aromatic nitrogens is 1. The number of rotatable bonds is 3. The molecule has 0 amide bonds. The van der Waals surface area contributed by atoms with Gasteiger partial charge in [-0.2, -0.15) is 13.2 Å². The smallest absolute Gasteiger partial charge is 0.418 e. The molecule has 138 valence electrons. The number of carbonyl (C=O) groups is 2. The predicted octanol–water partition coefficient (Wildman–Crippen LogP) is 5.49. The van der Waals surface area contributed by atoms with Gasteiger partial charge in [0.2, 0.25) is 5.78 Å². The van der Waals surface area contributed by atoms with E-state index in [9.17, 15) is 27.9 Å². The Bertz CT molecular complexity index is 1080. The van der Waals surface area contributed by atoms with Crippen LogP contribution in [0.1, 0.15) is 32.0 Å². The minimum absolute atomic E-state index is 0.102. The fraction of sp³-hybridized carbons (Fsp3) is 0.0556. The van der Waals surface area contributed by atoms with Gasteiger partial charge in [-0.3, -0.25) is 4.79 Å². The van der Waals surface area contributed by atoms with Crippen LogP contribution in [0.4, 0.5) is 13.2 Å². The molecule has 2 aromatic carbocycles. The minimum atomic E-state index is -4.84. The van der Waals surface area contributed by atoms with Gasteiger partial charge >= 0.3 is 12.1 Å². The lowest BCUT2D eigenvalue weighted by molar-refractivity contribution is -0.136. The highest BCUT2D eigenvalue weighted by Crippen LogP contribution is 2.37. The average molecular weight is 414 g/mol. The van der Waals surface area contributed by atoms with Crippen molar-refractivity contribution in [3.05, 3.63) is 74.9 Å². The molecule has 0 aliphatic carbocycles. The van der Waals surface area contributed by atoms with Crippen molar-refractivity contribution in [2.75, 3.05) is 0 Å². The number of pyridine rings is 1. The van der Waals surface area contributed by atoms with E-state index >= 15 is 0 Å². The minimum Gasteiger partial charge on any atom is -0.478 e. The van der Waals surface area contributed by atoms with Gasteiger partial charge in [0, 0.05) is 21.0 Å². The first-order chi connectivity index (χ1) is 12.6. The maximum Gasteiger partial charge on any atom is 0.418 e. The van der Waals surface area contributed by atoms with Crippen molar-refractivity contribution in [1.29, 1.82) is 0 Å². The summed E-state index contributed by atoms with van der Waals surface area (Å²) in [5.74, 6) is -2.25. The lowest BCUT2D eigenvalue weighted by atomic mass is 10.0. The SMILES string of the molecule is O=C(c1ccc(Cl)cc1)c1cc(C(=O)O)c2cc(Cl)cc(C(F)(F)F)c2n1. The molecule has 4 nitrogen and oxygen atoms in total. The lowest BCUT2D eigenvalue weighted by Gasteiger charge is -2.13. The Morgan fingerprint density at radius 3 is 2.15 bits per heavy atom. The molecule has 0 aliphatic rings. The number of hydrogen-bond donors (Lipinski definition) is 1. The van der Waals surface area contributed by atoms with E-state index in [0.717, 1.165) is 12.1 Å². The van der Waals surface area contributed by atoms with Crippen LogP contribution in [0.15, 0.2) is 42.5 Å². The summed E-state index contributed by atoms with van der Waals surface area (Å²) in [4.78, 5) is 28.0. The van der Waals surface area contributed by atoms with Crippen LogP contribution >= 0.6 is 23.2 Å². The highest BCUT2D eigenvalue weighted by atomic mass is 35.5. The Balaban J connectivity index is 2.32. The summed E-state index contributed by atoms with van der Waals surface area (Å²) in [5.41, 5.74) is -2.73. The summed E-state index contributed by atoms with van der Waals surface area (Å²) in [6.07, 6.45) is -4.84. The Morgan fingerprint density at radius 2 is 1.59 bits per heavy atom. The largest absolute Gasteiger partial charge is 0.478 e. The first-order valence-electron chi connectivity index (χ1n) is 7.33. The fourth-order valence-electron chi connectivity index (χ4n) is 2.55. The molecule has 0 unspecified atom stereocenters. The van der Waals surface area contributed by atoms with Crippen LogP contribution in [-0.4, -0.2) is 21.8 Å². The second-order valence-electron chi connectivity index (χ2n) is 5.54. The molecular weight excluding hydrogens is 406 g/mol. The molecule has 0 radical (unpaired) electrons. The summed E-state index contributed by atoms with van der Waals surface area (Å²) in [5, 5.41) is 9.15. The zero-order valence-electron chi connectivity index (χ0n) is 13.1. The summed E-state index contributed by atoms with van der Waals surface area (Å²) in [7, 11) is 0. The number of aromatic carboxylic acids is 1. The Hall–Kier alpha value is -2.64. The summed E-state index contributed by atoms with van der Waals surface area (Å²) in [6, 6.07) is 8.22. The Morgan fingerprint density at radius 1 is 0.963 bits per heavy atom. The van der Waals surface area contributed by atoms with E-state index < -0.39 is 40.3 Å². The molecule has 0 aliphatic heterocycles. The molecule has 1 aromatic heterocycles. The number of carboxylic acid groups (broad SMARTS) is 1. The number of fused-ring (bicyclic) bond motifs is 1. The summed E-state index contributed by atoms with van der Waals surface area (Å²) < 4.78 is 40.2. The van der Waals surface area contributed by atoms with E-state index in [0.29, 0.717) is 11.1 Å². The molecular formula is C18H8Cl2F3NO3. The van der Waals surface area contributed by atoms with Gasteiger partial charge in [0.05, 0.1) is 16.6 Å². The molecule has 3 aromatic rings. The zero-order valence-corrected chi connectivity index (χ0v) is 14.7. The van der Waals surface area contributed by atoms with Gasteiger partial charge in [0.1, 0.15) is 5.69 Å². The third kappa shape index (κ3) is 3.74. The second kappa shape index (κ2) is 6.83. The van der Waals surface area contributed by atoms with Gasteiger partial charge in [0.25, 0.3) is 0 Å². The standard InChI is InChI=1S/C18H8Cl2F3NO3/c19-9-3-1-8(2-4-9)16(25)14-7-12(17(26)27)11-5-10(20)6-13(15(11)24-14)18(21,22)23/h1-7H,(H,26,27). The maximum absolute atomic E-state index is 13.4. The van der Waals surface area contributed by atoms with Crippen LogP contribution in [0.5, 0.6) is 0 Å². The van der Waals surface area contributed by atoms with Crippen LogP contribution in [0.3, 0.4) is 0 Å². The number of benzene rings is 2. The van der Waals surface area contributed by atoms with Crippen molar-refractivity contribution < 1.29 is 27.9 Å². The van der Waals surface area contributed by atoms with E-state index in [4.69, 9.17) is 23.2 Å².